The average Bonchev–Trinajstić information content (AvgIpc) is 2.46. The van der Waals surface area contributed by atoms with E-state index < -0.39 is 0 Å². The second kappa shape index (κ2) is 6.70. The minimum absolute atomic E-state index is 0.0981. The molecule has 0 spiro atoms. The van der Waals surface area contributed by atoms with Crippen LogP contribution in [0.25, 0.3) is 0 Å². The third kappa shape index (κ3) is 3.81. The number of nitrogens with one attached hydrogen (secondary N) is 1. The van der Waals surface area contributed by atoms with Gasteiger partial charge in [-0.25, -0.2) is 0 Å². The van der Waals surface area contributed by atoms with Gasteiger partial charge < -0.3 is 10.1 Å². The van der Waals surface area contributed by atoms with Gasteiger partial charge in [0.25, 0.3) is 0 Å². The molecule has 1 amide bonds. The van der Waals surface area contributed by atoms with Gasteiger partial charge in [-0.15, -0.1) is 0 Å². The summed E-state index contributed by atoms with van der Waals surface area (Å²) < 4.78 is 5.68. The predicted molar refractivity (Wildman–Crippen MR) is 80.8 cm³/mol. The molecule has 112 valence electrons. The van der Waals surface area contributed by atoms with Gasteiger partial charge in [-0.05, 0) is 32.9 Å². The first kappa shape index (κ1) is 15.5. The number of nitriles is 1. The molecule has 0 radical (unpaired) electrons. The zero-order valence-electron chi connectivity index (χ0n) is 12.7. The summed E-state index contributed by atoms with van der Waals surface area (Å²) in [4.78, 5) is 14.5. The van der Waals surface area contributed by atoms with Crippen molar-refractivity contribution in [1.82, 2.24) is 4.90 Å². The number of hydrogen-bond acceptors (Lipinski definition) is 4. The quantitative estimate of drug-likeness (QED) is 0.923. The predicted octanol–water partition coefficient (Wildman–Crippen LogP) is 1.99. The van der Waals surface area contributed by atoms with E-state index in [-0.39, 0.29) is 24.2 Å². The molecule has 5 nitrogen and oxygen atoms in total. The Labute approximate surface area is 125 Å². The molecule has 1 saturated heterocycles. The van der Waals surface area contributed by atoms with Gasteiger partial charge in [0.05, 0.1) is 29.5 Å². The Morgan fingerprint density at radius 1 is 1.38 bits per heavy atom. The van der Waals surface area contributed by atoms with Crippen LogP contribution < -0.4 is 5.32 Å². The lowest BCUT2D eigenvalue weighted by molar-refractivity contribution is -0.126. The van der Waals surface area contributed by atoms with Crippen molar-refractivity contribution < 1.29 is 9.53 Å². The topological polar surface area (TPSA) is 65.4 Å². The second-order valence-electron chi connectivity index (χ2n) is 5.53. The van der Waals surface area contributed by atoms with Crippen LogP contribution in [0.2, 0.25) is 0 Å². The Morgan fingerprint density at radius 2 is 2.00 bits per heavy atom. The van der Waals surface area contributed by atoms with Crippen LogP contribution in [0, 0.1) is 11.3 Å². The SMILES string of the molecule is CC1CN(C(C)C(=O)Nc2ccccc2C#N)CC(C)O1. The second-order valence-corrected chi connectivity index (χ2v) is 5.53. The molecule has 0 saturated carbocycles. The van der Waals surface area contributed by atoms with E-state index in [1.54, 1.807) is 24.3 Å². The molecule has 1 heterocycles. The van der Waals surface area contributed by atoms with E-state index in [0.29, 0.717) is 11.3 Å². The number of benzene rings is 1. The summed E-state index contributed by atoms with van der Waals surface area (Å²) >= 11 is 0. The summed E-state index contributed by atoms with van der Waals surface area (Å²) in [6.07, 6.45) is 0.241. The number of carbonyl (C=O) groups excluding carboxylic acids is 1. The highest BCUT2D eigenvalue weighted by atomic mass is 16.5. The molecule has 1 N–H and O–H groups in total. The summed E-state index contributed by atoms with van der Waals surface area (Å²) in [6, 6.07) is 8.85. The first-order valence-electron chi connectivity index (χ1n) is 7.20. The van der Waals surface area contributed by atoms with Crippen molar-refractivity contribution in [3.05, 3.63) is 29.8 Å². The molecule has 3 atom stereocenters. The third-order valence-electron chi connectivity index (χ3n) is 3.68. The van der Waals surface area contributed by atoms with Gasteiger partial charge >= 0.3 is 0 Å². The molecule has 1 aromatic rings. The number of ether oxygens (including phenoxy) is 1. The molecular weight excluding hydrogens is 266 g/mol. The zero-order valence-corrected chi connectivity index (χ0v) is 12.7. The van der Waals surface area contributed by atoms with E-state index in [0.717, 1.165) is 13.1 Å². The van der Waals surface area contributed by atoms with E-state index in [1.165, 1.54) is 0 Å². The van der Waals surface area contributed by atoms with Crippen LogP contribution in [0.15, 0.2) is 24.3 Å². The van der Waals surface area contributed by atoms with Crippen molar-refractivity contribution in [2.24, 2.45) is 0 Å². The van der Waals surface area contributed by atoms with Crippen molar-refractivity contribution in [3.8, 4) is 6.07 Å². The highest BCUT2D eigenvalue weighted by Gasteiger charge is 2.29. The van der Waals surface area contributed by atoms with Crippen molar-refractivity contribution in [2.45, 2.75) is 39.0 Å². The highest BCUT2D eigenvalue weighted by molar-refractivity contribution is 5.95. The van der Waals surface area contributed by atoms with E-state index in [1.807, 2.05) is 20.8 Å². The Hall–Kier alpha value is -1.90. The molecule has 1 aliphatic heterocycles. The zero-order chi connectivity index (χ0) is 15.4. The number of para-hydroxylation sites is 1. The van der Waals surface area contributed by atoms with Crippen molar-refractivity contribution in [2.75, 3.05) is 18.4 Å². The Balaban J connectivity index is 2.04. The van der Waals surface area contributed by atoms with Gasteiger partial charge in [-0.3, -0.25) is 9.69 Å². The fourth-order valence-electron chi connectivity index (χ4n) is 2.63. The molecular formula is C16H21N3O2. The molecule has 3 unspecified atom stereocenters. The summed E-state index contributed by atoms with van der Waals surface area (Å²) in [6.45, 7) is 7.38. The molecule has 0 aliphatic carbocycles. The lowest BCUT2D eigenvalue weighted by Crippen LogP contribution is -2.52. The molecule has 0 aromatic heterocycles. The van der Waals surface area contributed by atoms with Crippen LogP contribution in [-0.2, 0) is 9.53 Å². The number of nitrogens with zero attached hydrogens (tertiary/aromatic N) is 2. The Kier molecular flexibility index (Phi) is 4.94. The monoisotopic (exact) mass is 287 g/mol. The van der Waals surface area contributed by atoms with Crippen molar-refractivity contribution in [1.29, 1.82) is 5.26 Å². The standard InChI is InChI=1S/C16H21N3O2/c1-11-9-19(10-12(2)21-11)13(3)16(20)18-15-7-5-4-6-14(15)8-17/h4-7,11-13H,9-10H2,1-3H3,(H,18,20). The first-order valence-corrected chi connectivity index (χ1v) is 7.20. The maximum absolute atomic E-state index is 12.4. The largest absolute Gasteiger partial charge is 0.373 e. The van der Waals surface area contributed by atoms with E-state index in [9.17, 15) is 4.79 Å². The maximum Gasteiger partial charge on any atom is 0.241 e. The van der Waals surface area contributed by atoms with Gasteiger partial charge in [0, 0.05) is 13.1 Å². The normalized spacial score (nSPS) is 24.1. The molecule has 1 aliphatic rings. The number of rotatable bonds is 3. The lowest BCUT2D eigenvalue weighted by Gasteiger charge is -2.38. The van der Waals surface area contributed by atoms with E-state index in [2.05, 4.69) is 16.3 Å². The Bertz CT molecular complexity index is 543. The molecule has 1 fully saturated rings. The first-order chi connectivity index (χ1) is 10.0. The van der Waals surface area contributed by atoms with E-state index >= 15 is 0 Å². The van der Waals surface area contributed by atoms with Crippen LogP contribution in [0.3, 0.4) is 0 Å². The number of morpholine rings is 1. The summed E-state index contributed by atoms with van der Waals surface area (Å²) in [5, 5.41) is 11.9. The molecule has 0 bridgehead atoms. The lowest BCUT2D eigenvalue weighted by atomic mass is 10.1. The fourth-order valence-corrected chi connectivity index (χ4v) is 2.63. The van der Waals surface area contributed by atoms with Gasteiger partial charge in [0.1, 0.15) is 6.07 Å². The van der Waals surface area contributed by atoms with Crippen molar-refractivity contribution >= 4 is 11.6 Å². The van der Waals surface area contributed by atoms with Gasteiger partial charge in [0.2, 0.25) is 5.91 Å². The average molecular weight is 287 g/mol. The Morgan fingerprint density at radius 3 is 2.62 bits per heavy atom. The number of hydrogen-bond donors (Lipinski definition) is 1. The van der Waals surface area contributed by atoms with Gasteiger partial charge in [0.15, 0.2) is 0 Å². The number of anilines is 1. The summed E-state index contributed by atoms with van der Waals surface area (Å²) in [5.41, 5.74) is 1.04. The summed E-state index contributed by atoms with van der Waals surface area (Å²) in [5.74, 6) is -0.0981. The number of amides is 1. The van der Waals surface area contributed by atoms with Crippen LogP contribution >= 0.6 is 0 Å². The molecule has 5 heteroatoms. The van der Waals surface area contributed by atoms with Crippen LogP contribution in [0.1, 0.15) is 26.3 Å². The van der Waals surface area contributed by atoms with E-state index in [4.69, 9.17) is 10.00 Å². The minimum atomic E-state index is -0.259. The highest BCUT2D eigenvalue weighted by Crippen LogP contribution is 2.17. The molecule has 21 heavy (non-hydrogen) atoms. The third-order valence-corrected chi connectivity index (χ3v) is 3.68. The fraction of sp³-hybridized carbons (Fsp3) is 0.500. The van der Waals surface area contributed by atoms with Crippen LogP contribution in [0.4, 0.5) is 5.69 Å². The van der Waals surface area contributed by atoms with Gasteiger partial charge in [-0.1, -0.05) is 12.1 Å². The number of carbonyl (C=O) groups is 1. The maximum atomic E-state index is 12.4. The molecule has 2 rings (SSSR count). The van der Waals surface area contributed by atoms with Crippen LogP contribution in [0.5, 0.6) is 0 Å². The van der Waals surface area contributed by atoms with Gasteiger partial charge in [-0.2, -0.15) is 5.26 Å². The van der Waals surface area contributed by atoms with Crippen LogP contribution in [-0.4, -0.2) is 42.1 Å². The summed E-state index contributed by atoms with van der Waals surface area (Å²) in [7, 11) is 0. The molecule has 1 aromatic carbocycles. The van der Waals surface area contributed by atoms with Crippen molar-refractivity contribution in [3.63, 3.8) is 0 Å². The smallest absolute Gasteiger partial charge is 0.241 e. The minimum Gasteiger partial charge on any atom is -0.373 e.